The Morgan fingerprint density at radius 1 is 1.29 bits per heavy atom. The Morgan fingerprint density at radius 2 is 2.00 bits per heavy atom. The summed E-state index contributed by atoms with van der Waals surface area (Å²) in [6, 6.07) is 2.42. The van der Waals surface area contributed by atoms with E-state index < -0.39 is 37.0 Å². The first kappa shape index (κ1) is 15.0. The predicted molar refractivity (Wildman–Crippen MR) is 72.7 cm³/mol. The second kappa shape index (κ2) is 5.35. The Bertz CT molecular complexity index is 695. The molecular formula is C12H11Cl2FN2O4. The number of hydrogen-bond donors (Lipinski definition) is 3. The van der Waals surface area contributed by atoms with Gasteiger partial charge in [0.05, 0.1) is 22.7 Å². The highest BCUT2D eigenvalue weighted by molar-refractivity contribution is 6.32. The smallest absolute Gasteiger partial charge is 0.206 e. The summed E-state index contributed by atoms with van der Waals surface area (Å²) >= 11 is 11.7. The molecule has 0 aliphatic carbocycles. The molecule has 0 saturated carbocycles. The van der Waals surface area contributed by atoms with Gasteiger partial charge in [0.25, 0.3) is 0 Å². The lowest BCUT2D eigenvalue weighted by atomic mass is 10.1. The van der Waals surface area contributed by atoms with Gasteiger partial charge >= 0.3 is 0 Å². The van der Waals surface area contributed by atoms with Crippen LogP contribution >= 0.6 is 23.2 Å². The van der Waals surface area contributed by atoms with Crippen LogP contribution in [0.5, 0.6) is 0 Å². The number of imidazole rings is 1. The molecule has 114 valence electrons. The fourth-order valence-corrected chi connectivity index (χ4v) is 2.83. The first-order valence-electron chi connectivity index (χ1n) is 6.09. The zero-order chi connectivity index (χ0) is 15.3. The van der Waals surface area contributed by atoms with E-state index in [2.05, 4.69) is 4.98 Å². The number of ether oxygens (including phenoxy) is 1. The molecular weight excluding hydrogens is 326 g/mol. The van der Waals surface area contributed by atoms with Crippen molar-refractivity contribution in [1.82, 2.24) is 9.55 Å². The van der Waals surface area contributed by atoms with Gasteiger partial charge in [0, 0.05) is 6.07 Å². The number of hydrogen-bond acceptors (Lipinski definition) is 5. The van der Waals surface area contributed by atoms with Crippen molar-refractivity contribution in [1.29, 1.82) is 0 Å². The Hall–Kier alpha value is -0.960. The van der Waals surface area contributed by atoms with Gasteiger partial charge in [0.1, 0.15) is 24.1 Å². The molecule has 0 unspecified atom stereocenters. The number of fused-ring (bicyclic) bond motifs is 1. The number of halogens is 3. The molecule has 0 amide bonds. The number of benzene rings is 1. The van der Waals surface area contributed by atoms with E-state index in [9.17, 15) is 14.6 Å². The highest BCUT2D eigenvalue weighted by atomic mass is 35.5. The van der Waals surface area contributed by atoms with Gasteiger partial charge in [-0.3, -0.25) is 4.57 Å². The van der Waals surface area contributed by atoms with Crippen molar-refractivity contribution in [2.45, 2.75) is 24.5 Å². The van der Waals surface area contributed by atoms with E-state index in [4.69, 9.17) is 33.0 Å². The van der Waals surface area contributed by atoms with Gasteiger partial charge < -0.3 is 20.1 Å². The summed E-state index contributed by atoms with van der Waals surface area (Å²) in [6.07, 6.45) is -4.67. The average Bonchev–Trinajstić information content (AvgIpc) is 2.89. The maximum Gasteiger partial charge on any atom is 0.206 e. The molecule has 21 heavy (non-hydrogen) atoms. The van der Waals surface area contributed by atoms with Gasteiger partial charge in [-0.2, -0.15) is 0 Å². The molecule has 0 bridgehead atoms. The Labute approximate surface area is 128 Å². The molecule has 6 nitrogen and oxygen atoms in total. The fourth-order valence-electron chi connectivity index (χ4n) is 2.40. The van der Waals surface area contributed by atoms with Crippen LogP contribution in [0.4, 0.5) is 4.39 Å². The third kappa shape index (κ3) is 2.30. The van der Waals surface area contributed by atoms with Crippen LogP contribution < -0.4 is 0 Å². The van der Waals surface area contributed by atoms with Gasteiger partial charge in [-0.1, -0.05) is 11.6 Å². The van der Waals surface area contributed by atoms with E-state index in [0.29, 0.717) is 5.52 Å². The van der Waals surface area contributed by atoms with Crippen LogP contribution in [0, 0.1) is 5.82 Å². The van der Waals surface area contributed by atoms with Crippen molar-refractivity contribution in [2.75, 3.05) is 6.61 Å². The van der Waals surface area contributed by atoms with E-state index in [0.717, 1.165) is 6.07 Å². The maximum absolute atomic E-state index is 13.6. The number of aromatic nitrogens is 2. The first-order chi connectivity index (χ1) is 9.93. The fraction of sp³-hybridized carbons (Fsp3) is 0.417. The molecule has 1 aromatic carbocycles. The van der Waals surface area contributed by atoms with Crippen LogP contribution in [-0.2, 0) is 4.74 Å². The van der Waals surface area contributed by atoms with Gasteiger partial charge in [-0.25, -0.2) is 9.37 Å². The summed E-state index contributed by atoms with van der Waals surface area (Å²) in [5, 5.41) is 28.7. The molecule has 3 rings (SSSR count). The first-order valence-corrected chi connectivity index (χ1v) is 6.84. The van der Waals surface area contributed by atoms with E-state index in [-0.39, 0.29) is 15.8 Å². The van der Waals surface area contributed by atoms with E-state index in [1.54, 1.807) is 0 Å². The lowest BCUT2D eigenvalue weighted by Crippen LogP contribution is -2.33. The van der Waals surface area contributed by atoms with Crippen molar-refractivity contribution >= 4 is 34.2 Å². The lowest BCUT2D eigenvalue weighted by molar-refractivity contribution is -0.0507. The number of nitrogens with zero attached hydrogens (tertiary/aromatic N) is 2. The number of aliphatic hydroxyl groups is 3. The van der Waals surface area contributed by atoms with Gasteiger partial charge in [0.15, 0.2) is 6.23 Å². The van der Waals surface area contributed by atoms with Crippen LogP contribution in [0.25, 0.3) is 11.0 Å². The largest absolute Gasteiger partial charge is 0.394 e. The second-order valence-corrected chi connectivity index (χ2v) is 5.48. The highest BCUT2D eigenvalue weighted by Gasteiger charge is 2.44. The summed E-state index contributed by atoms with van der Waals surface area (Å²) < 4.78 is 20.3. The standard InChI is InChI=1S/C12H11Cl2FN2O4/c13-4-1-6-7(2-5(4)15)17(12(14)16-6)11-10(20)9(19)8(3-18)21-11/h1-2,8-11,18-20H,3H2/t8-,9-,10-,11-/m1/s1. The molecule has 1 aromatic heterocycles. The van der Waals surface area contributed by atoms with E-state index in [1.165, 1.54) is 10.6 Å². The molecule has 4 atom stereocenters. The summed E-state index contributed by atoms with van der Waals surface area (Å²) in [5.41, 5.74) is 0.584. The molecule has 1 fully saturated rings. The van der Waals surface area contributed by atoms with Crippen LogP contribution in [0.3, 0.4) is 0 Å². The third-order valence-electron chi connectivity index (χ3n) is 3.46. The highest BCUT2D eigenvalue weighted by Crippen LogP contribution is 2.35. The molecule has 2 heterocycles. The molecule has 3 N–H and O–H groups in total. The van der Waals surface area contributed by atoms with Crippen LogP contribution in [0.15, 0.2) is 12.1 Å². The third-order valence-corrected chi connectivity index (χ3v) is 4.02. The van der Waals surface area contributed by atoms with Crippen LogP contribution in [0.2, 0.25) is 10.3 Å². The van der Waals surface area contributed by atoms with Gasteiger partial charge in [-0.05, 0) is 17.7 Å². The summed E-state index contributed by atoms with van der Waals surface area (Å²) in [7, 11) is 0. The van der Waals surface area contributed by atoms with Gasteiger partial charge in [-0.15, -0.1) is 0 Å². The number of aliphatic hydroxyl groups excluding tert-OH is 3. The molecule has 1 aliphatic heterocycles. The summed E-state index contributed by atoms with van der Waals surface area (Å²) in [6.45, 7) is -0.473. The predicted octanol–water partition coefficient (Wildman–Crippen LogP) is 1.09. The van der Waals surface area contributed by atoms with E-state index in [1.807, 2.05) is 0 Å². The zero-order valence-corrected chi connectivity index (χ0v) is 12.0. The van der Waals surface area contributed by atoms with Crippen LogP contribution in [0.1, 0.15) is 6.23 Å². The van der Waals surface area contributed by atoms with Gasteiger partial charge in [0.2, 0.25) is 5.28 Å². The average molecular weight is 337 g/mol. The summed E-state index contributed by atoms with van der Waals surface area (Å²) in [5.74, 6) is -0.672. The zero-order valence-electron chi connectivity index (χ0n) is 10.4. The Kier molecular flexibility index (Phi) is 3.81. The monoisotopic (exact) mass is 336 g/mol. The van der Waals surface area contributed by atoms with E-state index >= 15 is 0 Å². The summed E-state index contributed by atoms with van der Waals surface area (Å²) in [4.78, 5) is 4.01. The SMILES string of the molecule is OC[C@H]1O[C@@H](n2c(Cl)nc3cc(Cl)c(F)cc32)[C@H](O)[C@@H]1O. The minimum atomic E-state index is -1.34. The molecule has 2 aromatic rings. The van der Waals surface area contributed by atoms with Crippen molar-refractivity contribution in [2.24, 2.45) is 0 Å². The number of rotatable bonds is 2. The lowest BCUT2D eigenvalue weighted by Gasteiger charge is -2.18. The Morgan fingerprint density at radius 3 is 2.62 bits per heavy atom. The quantitative estimate of drug-likeness (QED) is 0.764. The normalized spacial score (nSPS) is 29.4. The van der Waals surface area contributed by atoms with Crippen molar-refractivity contribution < 1.29 is 24.4 Å². The molecule has 1 aliphatic rings. The maximum atomic E-state index is 13.6. The molecule has 1 saturated heterocycles. The molecule has 9 heteroatoms. The van der Waals surface area contributed by atoms with Crippen molar-refractivity contribution in [3.63, 3.8) is 0 Å². The second-order valence-electron chi connectivity index (χ2n) is 4.73. The Balaban J connectivity index is 2.12. The molecule has 0 radical (unpaired) electrons. The minimum Gasteiger partial charge on any atom is -0.394 e. The van der Waals surface area contributed by atoms with Crippen LogP contribution in [-0.4, -0.2) is 49.8 Å². The van der Waals surface area contributed by atoms with Crippen molar-refractivity contribution in [3.05, 3.63) is 28.3 Å². The van der Waals surface area contributed by atoms with Crippen molar-refractivity contribution in [3.8, 4) is 0 Å². The minimum absolute atomic E-state index is 0.0542. The molecule has 0 spiro atoms. The topological polar surface area (TPSA) is 87.7 Å².